The van der Waals surface area contributed by atoms with Crippen molar-refractivity contribution >= 4 is 11.3 Å². The normalized spacial score (nSPS) is 13.2. The van der Waals surface area contributed by atoms with Crippen LogP contribution in [0.3, 0.4) is 0 Å². The minimum atomic E-state index is 0.374. The number of hydrogen-bond acceptors (Lipinski definition) is 4. The van der Waals surface area contributed by atoms with Crippen LogP contribution in [-0.2, 0) is 6.42 Å². The number of rotatable bonds is 8. The second-order valence-corrected chi connectivity index (χ2v) is 5.80. The lowest BCUT2D eigenvalue weighted by molar-refractivity contribution is 0.515. The summed E-state index contributed by atoms with van der Waals surface area (Å²) < 4.78 is 0. The van der Waals surface area contributed by atoms with Gasteiger partial charge in [-0.05, 0) is 32.9 Å². The zero-order chi connectivity index (χ0) is 12.7. The lowest BCUT2D eigenvalue weighted by Gasteiger charge is -2.12. The summed E-state index contributed by atoms with van der Waals surface area (Å²) in [5.41, 5.74) is 0. The molecule has 0 aliphatic carbocycles. The van der Waals surface area contributed by atoms with E-state index in [4.69, 9.17) is 0 Å². The van der Waals surface area contributed by atoms with Crippen LogP contribution in [0.2, 0.25) is 0 Å². The Labute approximate surface area is 109 Å². The Morgan fingerprint density at radius 3 is 2.53 bits per heavy atom. The number of aryl methyl sites for hydroxylation is 1. The highest BCUT2D eigenvalue weighted by molar-refractivity contribution is 7.11. The Bertz CT molecular complexity index is 309. The summed E-state index contributed by atoms with van der Waals surface area (Å²) in [5, 5.41) is 8.14. The SMILES string of the molecule is CCc1cnc(C(C)NCCCNC(C)C)s1. The van der Waals surface area contributed by atoms with E-state index in [2.05, 4.69) is 43.3 Å². The predicted molar refractivity (Wildman–Crippen MR) is 75.7 cm³/mol. The monoisotopic (exact) mass is 255 g/mol. The standard InChI is InChI=1S/C13H25N3S/c1-5-12-9-16-13(17-12)11(4)15-8-6-7-14-10(2)3/h9-11,14-15H,5-8H2,1-4H3. The van der Waals surface area contributed by atoms with Crippen molar-refractivity contribution in [2.75, 3.05) is 13.1 Å². The summed E-state index contributed by atoms with van der Waals surface area (Å²) in [6, 6.07) is 0.956. The second-order valence-electron chi connectivity index (χ2n) is 4.66. The highest BCUT2D eigenvalue weighted by Crippen LogP contribution is 2.19. The number of thiazole rings is 1. The zero-order valence-electron chi connectivity index (χ0n) is 11.4. The van der Waals surface area contributed by atoms with Crippen LogP contribution in [0.15, 0.2) is 6.20 Å². The van der Waals surface area contributed by atoms with Gasteiger partial charge in [0, 0.05) is 17.1 Å². The molecule has 17 heavy (non-hydrogen) atoms. The van der Waals surface area contributed by atoms with E-state index in [1.807, 2.05) is 17.5 Å². The molecule has 0 aliphatic rings. The van der Waals surface area contributed by atoms with Crippen LogP contribution in [0.1, 0.15) is 50.0 Å². The Hall–Kier alpha value is -0.450. The second kappa shape index (κ2) is 7.80. The predicted octanol–water partition coefficient (Wildman–Crippen LogP) is 2.74. The average Bonchev–Trinajstić information content (AvgIpc) is 2.76. The molecule has 98 valence electrons. The molecule has 0 spiro atoms. The zero-order valence-corrected chi connectivity index (χ0v) is 12.2. The first kappa shape index (κ1) is 14.6. The highest BCUT2D eigenvalue weighted by atomic mass is 32.1. The summed E-state index contributed by atoms with van der Waals surface area (Å²) in [7, 11) is 0. The van der Waals surface area contributed by atoms with Gasteiger partial charge in [0.15, 0.2) is 0 Å². The molecule has 0 aromatic carbocycles. The number of nitrogens with one attached hydrogen (secondary N) is 2. The first-order valence-electron chi connectivity index (χ1n) is 6.54. The number of nitrogens with zero attached hydrogens (tertiary/aromatic N) is 1. The quantitative estimate of drug-likeness (QED) is 0.701. The van der Waals surface area contributed by atoms with Crippen molar-refractivity contribution in [1.82, 2.24) is 15.6 Å². The molecule has 0 aliphatic heterocycles. The molecule has 0 saturated carbocycles. The Morgan fingerprint density at radius 1 is 1.24 bits per heavy atom. The van der Waals surface area contributed by atoms with Crippen molar-refractivity contribution in [1.29, 1.82) is 0 Å². The van der Waals surface area contributed by atoms with Gasteiger partial charge in [-0.25, -0.2) is 4.98 Å². The van der Waals surface area contributed by atoms with Crippen molar-refractivity contribution < 1.29 is 0 Å². The molecule has 0 radical (unpaired) electrons. The van der Waals surface area contributed by atoms with Crippen LogP contribution < -0.4 is 10.6 Å². The van der Waals surface area contributed by atoms with Gasteiger partial charge in [-0.1, -0.05) is 20.8 Å². The van der Waals surface area contributed by atoms with Gasteiger partial charge in [0.1, 0.15) is 5.01 Å². The van der Waals surface area contributed by atoms with Crippen LogP contribution in [0.5, 0.6) is 0 Å². The minimum absolute atomic E-state index is 0.374. The molecule has 3 nitrogen and oxygen atoms in total. The molecule has 0 fully saturated rings. The Kier molecular flexibility index (Phi) is 6.70. The van der Waals surface area contributed by atoms with E-state index >= 15 is 0 Å². The van der Waals surface area contributed by atoms with Gasteiger partial charge in [-0.2, -0.15) is 0 Å². The maximum Gasteiger partial charge on any atom is 0.109 e. The van der Waals surface area contributed by atoms with E-state index in [1.165, 1.54) is 9.88 Å². The topological polar surface area (TPSA) is 37.0 Å². The summed E-state index contributed by atoms with van der Waals surface area (Å²) in [5.74, 6) is 0. The van der Waals surface area contributed by atoms with Gasteiger partial charge in [-0.15, -0.1) is 11.3 Å². The van der Waals surface area contributed by atoms with Crippen LogP contribution in [0.4, 0.5) is 0 Å². The first-order chi connectivity index (χ1) is 8.13. The molecule has 2 N–H and O–H groups in total. The largest absolute Gasteiger partial charge is 0.314 e. The third-order valence-corrected chi connectivity index (χ3v) is 3.97. The fourth-order valence-corrected chi connectivity index (χ4v) is 2.46. The number of hydrogen-bond donors (Lipinski definition) is 2. The fraction of sp³-hybridized carbons (Fsp3) is 0.769. The minimum Gasteiger partial charge on any atom is -0.314 e. The van der Waals surface area contributed by atoms with Gasteiger partial charge in [-0.3, -0.25) is 0 Å². The summed E-state index contributed by atoms with van der Waals surface area (Å²) in [6.07, 6.45) is 4.25. The van der Waals surface area contributed by atoms with Gasteiger partial charge >= 0.3 is 0 Å². The lowest BCUT2D eigenvalue weighted by Crippen LogP contribution is -2.27. The molecular formula is C13H25N3S. The van der Waals surface area contributed by atoms with Gasteiger partial charge in [0.2, 0.25) is 0 Å². The van der Waals surface area contributed by atoms with Crippen molar-refractivity contribution in [3.05, 3.63) is 16.1 Å². The summed E-state index contributed by atoms with van der Waals surface area (Å²) >= 11 is 1.82. The van der Waals surface area contributed by atoms with Crippen LogP contribution >= 0.6 is 11.3 Å². The van der Waals surface area contributed by atoms with Crippen LogP contribution in [-0.4, -0.2) is 24.1 Å². The molecule has 4 heteroatoms. The molecule has 1 aromatic heterocycles. The van der Waals surface area contributed by atoms with E-state index in [9.17, 15) is 0 Å². The van der Waals surface area contributed by atoms with E-state index in [0.717, 1.165) is 25.9 Å². The maximum atomic E-state index is 4.45. The Morgan fingerprint density at radius 2 is 1.94 bits per heavy atom. The third-order valence-electron chi connectivity index (χ3n) is 2.65. The molecule has 1 heterocycles. The smallest absolute Gasteiger partial charge is 0.109 e. The summed E-state index contributed by atoms with van der Waals surface area (Å²) in [4.78, 5) is 5.82. The van der Waals surface area contributed by atoms with E-state index in [-0.39, 0.29) is 0 Å². The van der Waals surface area contributed by atoms with Crippen LogP contribution in [0, 0.1) is 0 Å². The summed E-state index contributed by atoms with van der Waals surface area (Å²) in [6.45, 7) is 10.8. The van der Waals surface area contributed by atoms with Crippen LogP contribution in [0.25, 0.3) is 0 Å². The van der Waals surface area contributed by atoms with Gasteiger partial charge < -0.3 is 10.6 Å². The van der Waals surface area contributed by atoms with Crippen molar-refractivity contribution in [3.8, 4) is 0 Å². The molecular weight excluding hydrogens is 230 g/mol. The third kappa shape index (κ3) is 5.61. The van der Waals surface area contributed by atoms with Crippen molar-refractivity contribution in [2.24, 2.45) is 0 Å². The first-order valence-corrected chi connectivity index (χ1v) is 7.36. The maximum absolute atomic E-state index is 4.45. The van der Waals surface area contributed by atoms with Crippen molar-refractivity contribution in [2.45, 2.75) is 52.6 Å². The van der Waals surface area contributed by atoms with Crippen molar-refractivity contribution in [3.63, 3.8) is 0 Å². The molecule has 0 amide bonds. The van der Waals surface area contributed by atoms with Gasteiger partial charge in [0.05, 0.1) is 6.04 Å². The molecule has 1 aromatic rings. The number of aromatic nitrogens is 1. The highest BCUT2D eigenvalue weighted by Gasteiger charge is 2.08. The Balaban J connectivity index is 2.18. The fourth-order valence-electron chi connectivity index (χ4n) is 1.57. The van der Waals surface area contributed by atoms with E-state index in [0.29, 0.717) is 12.1 Å². The molecule has 0 bridgehead atoms. The molecule has 1 rings (SSSR count). The van der Waals surface area contributed by atoms with Gasteiger partial charge in [0.25, 0.3) is 0 Å². The molecule has 1 atom stereocenters. The molecule has 1 unspecified atom stereocenters. The lowest BCUT2D eigenvalue weighted by atomic mass is 10.3. The average molecular weight is 255 g/mol. The van der Waals surface area contributed by atoms with E-state index in [1.54, 1.807) is 0 Å². The van der Waals surface area contributed by atoms with E-state index < -0.39 is 0 Å². The molecule has 0 saturated heterocycles.